The first-order valence-corrected chi connectivity index (χ1v) is 9.51. The number of nitrogens with zero attached hydrogens (tertiary/aromatic N) is 1. The molecule has 138 valence electrons. The molecule has 0 atom stereocenters. The predicted octanol–water partition coefficient (Wildman–Crippen LogP) is 1.64. The van der Waals surface area contributed by atoms with Crippen LogP contribution in [-0.4, -0.2) is 46.1 Å². The second-order valence-corrected chi connectivity index (χ2v) is 8.16. The van der Waals surface area contributed by atoms with Gasteiger partial charge in [-0.05, 0) is 48.4 Å². The molecule has 0 fully saturated rings. The summed E-state index contributed by atoms with van der Waals surface area (Å²) in [6, 6.07) is 11.6. The molecule has 0 saturated carbocycles. The summed E-state index contributed by atoms with van der Waals surface area (Å²) < 4.78 is 35.8. The molecular formula is C18H20N2O5S. The minimum absolute atomic E-state index is 0.152. The van der Waals surface area contributed by atoms with Crippen molar-refractivity contribution in [3.63, 3.8) is 0 Å². The number of nitrogens with one attached hydrogen (secondary N) is 1. The van der Waals surface area contributed by atoms with Gasteiger partial charge in [0, 0.05) is 26.2 Å². The third-order valence-electron chi connectivity index (χ3n) is 4.03. The van der Waals surface area contributed by atoms with Crippen LogP contribution in [0.2, 0.25) is 0 Å². The molecule has 1 aliphatic heterocycles. The number of sulfonamides is 1. The maximum absolute atomic E-state index is 12.2. The van der Waals surface area contributed by atoms with Crippen molar-refractivity contribution < 1.29 is 22.7 Å². The second-order valence-electron chi connectivity index (χ2n) is 6.01. The Morgan fingerprint density at radius 2 is 1.77 bits per heavy atom. The highest BCUT2D eigenvalue weighted by molar-refractivity contribution is 7.89. The molecule has 0 saturated heterocycles. The highest BCUT2D eigenvalue weighted by Gasteiger charge is 2.17. The van der Waals surface area contributed by atoms with Crippen LogP contribution in [0.3, 0.4) is 0 Å². The van der Waals surface area contributed by atoms with Gasteiger partial charge in [0.25, 0.3) is 5.91 Å². The average molecular weight is 376 g/mol. The third-order valence-corrected chi connectivity index (χ3v) is 5.86. The van der Waals surface area contributed by atoms with Crippen LogP contribution in [0.4, 0.5) is 0 Å². The Hall–Kier alpha value is -2.58. The quantitative estimate of drug-likeness (QED) is 0.828. The molecule has 0 bridgehead atoms. The normalized spacial score (nSPS) is 13.0. The van der Waals surface area contributed by atoms with Gasteiger partial charge in [0.15, 0.2) is 11.5 Å². The fourth-order valence-corrected chi connectivity index (χ4v) is 3.41. The molecule has 1 N–H and O–H groups in total. The standard InChI is InChI=1S/C18H20N2O5S/c1-20(2)26(22,23)15-6-4-14(5-7-15)18(21)19-10-9-13-3-8-16-17(11-13)25-12-24-16/h3-8,11H,9-10,12H2,1-2H3,(H,19,21). The highest BCUT2D eigenvalue weighted by Crippen LogP contribution is 2.32. The van der Waals surface area contributed by atoms with Crippen molar-refractivity contribution in [2.24, 2.45) is 0 Å². The van der Waals surface area contributed by atoms with Crippen molar-refractivity contribution in [3.05, 3.63) is 53.6 Å². The molecule has 2 aromatic carbocycles. The van der Waals surface area contributed by atoms with Crippen molar-refractivity contribution in [2.75, 3.05) is 27.4 Å². The van der Waals surface area contributed by atoms with Crippen LogP contribution in [-0.2, 0) is 16.4 Å². The fraction of sp³-hybridized carbons (Fsp3) is 0.278. The van der Waals surface area contributed by atoms with Gasteiger partial charge in [-0.1, -0.05) is 6.07 Å². The van der Waals surface area contributed by atoms with Crippen LogP contribution in [0.5, 0.6) is 11.5 Å². The molecule has 3 rings (SSSR count). The van der Waals surface area contributed by atoms with Gasteiger partial charge in [0.2, 0.25) is 16.8 Å². The van der Waals surface area contributed by atoms with E-state index < -0.39 is 10.0 Å². The SMILES string of the molecule is CN(C)S(=O)(=O)c1ccc(C(=O)NCCc2ccc3c(c2)OCO3)cc1. The monoisotopic (exact) mass is 376 g/mol. The summed E-state index contributed by atoms with van der Waals surface area (Å²) in [5.74, 6) is 1.19. The molecule has 1 heterocycles. The molecule has 2 aromatic rings. The summed E-state index contributed by atoms with van der Waals surface area (Å²) in [5, 5.41) is 2.83. The van der Waals surface area contributed by atoms with E-state index in [-0.39, 0.29) is 17.6 Å². The number of carbonyl (C=O) groups excluding carboxylic acids is 1. The first-order valence-electron chi connectivity index (χ1n) is 8.07. The van der Waals surface area contributed by atoms with Crippen LogP contribution in [0.1, 0.15) is 15.9 Å². The van der Waals surface area contributed by atoms with Gasteiger partial charge in [-0.3, -0.25) is 4.79 Å². The zero-order valence-electron chi connectivity index (χ0n) is 14.6. The van der Waals surface area contributed by atoms with E-state index in [9.17, 15) is 13.2 Å². The van der Waals surface area contributed by atoms with E-state index in [2.05, 4.69) is 5.32 Å². The van der Waals surface area contributed by atoms with Gasteiger partial charge in [-0.25, -0.2) is 12.7 Å². The van der Waals surface area contributed by atoms with Crippen LogP contribution >= 0.6 is 0 Å². The maximum Gasteiger partial charge on any atom is 0.251 e. The molecule has 1 amide bonds. The Balaban J connectivity index is 1.57. The Morgan fingerprint density at radius 1 is 1.08 bits per heavy atom. The van der Waals surface area contributed by atoms with E-state index in [1.165, 1.54) is 38.4 Å². The Bertz CT molecular complexity index is 908. The number of amides is 1. The van der Waals surface area contributed by atoms with Crippen molar-refractivity contribution in [1.29, 1.82) is 0 Å². The lowest BCUT2D eigenvalue weighted by molar-refractivity contribution is 0.0954. The van der Waals surface area contributed by atoms with Crippen molar-refractivity contribution in [3.8, 4) is 11.5 Å². The van der Waals surface area contributed by atoms with Crippen LogP contribution < -0.4 is 14.8 Å². The van der Waals surface area contributed by atoms with Gasteiger partial charge in [0.1, 0.15) is 0 Å². The van der Waals surface area contributed by atoms with E-state index in [1.807, 2.05) is 18.2 Å². The average Bonchev–Trinajstić information content (AvgIpc) is 3.09. The van der Waals surface area contributed by atoms with E-state index in [4.69, 9.17) is 9.47 Å². The summed E-state index contributed by atoms with van der Waals surface area (Å²) in [6.45, 7) is 0.686. The molecule has 0 radical (unpaired) electrons. The van der Waals surface area contributed by atoms with E-state index in [1.54, 1.807) is 0 Å². The van der Waals surface area contributed by atoms with Gasteiger partial charge < -0.3 is 14.8 Å². The number of fused-ring (bicyclic) bond motifs is 1. The summed E-state index contributed by atoms with van der Waals surface area (Å²) >= 11 is 0. The molecule has 1 aliphatic rings. The lowest BCUT2D eigenvalue weighted by Crippen LogP contribution is -2.26. The number of hydrogen-bond acceptors (Lipinski definition) is 5. The number of rotatable bonds is 6. The molecule has 0 spiro atoms. The summed E-state index contributed by atoms with van der Waals surface area (Å²) in [6.07, 6.45) is 0.648. The number of carbonyl (C=O) groups is 1. The summed E-state index contributed by atoms with van der Waals surface area (Å²) in [7, 11) is -0.569. The van der Waals surface area contributed by atoms with Gasteiger partial charge in [-0.2, -0.15) is 0 Å². The summed E-state index contributed by atoms with van der Waals surface area (Å²) in [5.41, 5.74) is 1.44. The number of benzene rings is 2. The molecule has 0 unspecified atom stereocenters. The van der Waals surface area contributed by atoms with E-state index >= 15 is 0 Å². The third kappa shape index (κ3) is 3.81. The smallest absolute Gasteiger partial charge is 0.251 e. The minimum atomic E-state index is -3.50. The maximum atomic E-state index is 12.2. The Morgan fingerprint density at radius 3 is 2.46 bits per heavy atom. The molecule has 0 aliphatic carbocycles. The fourth-order valence-electron chi connectivity index (χ4n) is 2.51. The molecule has 26 heavy (non-hydrogen) atoms. The number of ether oxygens (including phenoxy) is 2. The first kappa shape index (κ1) is 18.2. The Labute approximate surface area is 152 Å². The zero-order valence-corrected chi connectivity index (χ0v) is 15.4. The van der Waals surface area contributed by atoms with Gasteiger partial charge >= 0.3 is 0 Å². The first-order chi connectivity index (χ1) is 12.4. The largest absolute Gasteiger partial charge is 0.454 e. The van der Waals surface area contributed by atoms with Crippen molar-refractivity contribution in [2.45, 2.75) is 11.3 Å². The van der Waals surface area contributed by atoms with E-state index in [0.717, 1.165) is 15.6 Å². The lowest BCUT2D eigenvalue weighted by atomic mass is 10.1. The molecule has 0 aromatic heterocycles. The van der Waals surface area contributed by atoms with Gasteiger partial charge in [-0.15, -0.1) is 0 Å². The molecule has 7 nitrogen and oxygen atoms in total. The van der Waals surface area contributed by atoms with E-state index in [0.29, 0.717) is 24.3 Å². The van der Waals surface area contributed by atoms with Crippen molar-refractivity contribution in [1.82, 2.24) is 9.62 Å². The number of hydrogen-bond donors (Lipinski definition) is 1. The second kappa shape index (κ2) is 7.35. The highest BCUT2D eigenvalue weighted by atomic mass is 32.2. The van der Waals surface area contributed by atoms with Crippen LogP contribution in [0, 0.1) is 0 Å². The minimum Gasteiger partial charge on any atom is -0.454 e. The predicted molar refractivity (Wildman–Crippen MR) is 95.9 cm³/mol. The van der Waals surface area contributed by atoms with Crippen LogP contribution in [0.15, 0.2) is 47.4 Å². The Kier molecular flexibility index (Phi) is 5.15. The van der Waals surface area contributed by atoms with Crippen LogP contribution in [0.25, 0.3) is 0 Å². The lowest BCUT2D eigenvalue weighted by Gasteiger charge is -2.11. The van der Waals surface area contributed by atoms with Gasteiger partial charge in [0.05, 0.1) is 4.90 Å². The summed E-state index contributed by atoms with van der Waals surface area (Å²) in [4.78, 5) is 12.4. The zero-order chi connectivity index (χ0) is 18.7. The van der Waals surface area contributed by atoms with Crippen molar-refractivity contribution >= 4 is 15.9 Å². The molecule has 8 heteroatoms. The molecular weight excluding hydrogens is 356 g/mol. The topological polar surface area (TPSA) is 84.9 Å².